The molecular weight excluding hydrogens is 313 g/mol. The fourth-order valence-corrected chi connectivity index (χ4v) is 2.28. The van der Waals surface area contributed by atoms with Crippen LogP contribution in [0.3, 0.4) is 0 Å². The minimum Gasteiger partial charge on any atom is -0.456 e. The highest BCUT2D eigenvalue weighted by molar-refractivity contribution is 7.80. The fraction of sp³-hybridized carbons (Fsp3) is 0.133. The summed E-state index contributed by atoms with van der Waals surface area (Å²) in [6.07, 6.45) is 0. The van der Waals surface area contributed by atoms with Crippen LogP contribution in [0, 0.1) is 13.8 Å². The summed E-state index contributed by atoms with van der Waals surface area (Å²) in [6.45, 7) is 3.86. The van der Waals surface area contributed by atoms with Crippen molar-refractivity contribution in [2.45, 2.75) is 13.8 Å². The molecule has 0 aromatic heterocycles. The van der Waals surface area contributed by atoms with Crippen LogP contribution in [0.4, 0.5) is 0 Å². The Hall–Kier alpha value is -1.29. The number of benzene rings is 2. The Morgan fingerprint density at radius 1 is 1.10 bits per heavy atom. The van der Waals surface area contributed by atoms with E-state index in [1.807, 2.05) is 26.0 Å². The zero-order valence-corrected chi connectivity index (χ0v) is 13.4. The Balaban J connectivity index is 2.33. The minimum atomic E-state index is 0.302. The number of rotatable bonds is 3. The highest BCUT2D eigenvalue weighted by Crippen LogP contribution is 2.33. The van der Waals surface area contributed by atoms with Gasteiger partial charge in [0.25, 0.3) is 0 Å². The summed E-state index contributed by atoms with van der Waals surface area (Å²) in [5.74, 6) is 1.24. The van der Waals surface area contributed by atoms with Gasteiger partial charge in [-0.3, -0.25) is 0 Å². The molecule has 2 aromatic rings. The van der Waals surface area contributed by atoms with Crippen molar-refractivity contribution in [1.82, 2.24) is 0 Å². The van der Waals surface area contributed by atoms with Gasteiger partial charge in [0, 0.05) is 10.6 Å². The maximum absolute atomic E-state index is 6.17. The van der Waals surface area contributed by atoms with Crippen molar-refractivity contribution in [3.05, 3.63) is 57.1 Å². The molecule has 0 bridgehead atoms. The van der Waals surface area contributed by atoms with Gasteiger partial charge in [-0.1, -0.05) is 35.4 Å². The lowest BCUT2D eigenvalue weighted by Crippen LogP contribution is -2.08. The summed E-state index contributed by atoms with van der Waals surface area (Å²) in [7, 11) is 0. The minimum absolute atomic E-state index is 0.302. The number of nitrogens with two attached hydrogens (primary N) is 1. The zero-order chi connectivity index (χ0) is 14.9. The van der Waals surface area contributed by atoms with E-state index in [0.29, 0.717) is 27.1 Å². The second kappa shape index (κ2) is 6.00. The van der Waals surface area contributed by atoms with E-state index in [2.05, 4.69) is 0 Å². The Morgan fingerprint density at radius 3 is 2.20 bits per heavy atom. The summed E-state index contributed by atoms with van der Waals surface area (Å²) in [4.78, 5) is 0.302. The van der Waals surface area contributed by atoms with Crippen LogP contribution in [-0.4, -0.2) is 4.99 Å². The number of thiocarbonyl (C=S) groups is 1. The number of hydrogen-bond donors (Lipinski definition) is 1. The van der Waals surface area contributed by atoms with Gasteiger partial charge in [-0.15, -0.1) is 0 Å². The molecule has 0 radical (unpaired) electrons. The van der Waals surface area contributed by atoms with Crippen molar-refractivity contribution in [3.63, 3.8) is 0 Å². The second-order valence-corrected chi connectivity index (χ2v) is 5.71. The quantitative estimate of drug-likeness (QED) is 0.803. The van der Waals surface area contributed by atoms with Gasteiger partial charge >= 0.3 is 0 Å². The normalized spacial score (nSPS) is 10.4. The molecule has 0 spiro atoms. The van der Waals surface area contributed by atoms with Crippen LogP contribution in [0.1, 0.15) is 16.7 Å². The van der Waals surface area contributed by atoms with Crippen LogP contribution in [0.15, 0.2) is 30.3 Å². The molecule has 0 fully saturated rings. The van der Waals surface area contributed by atoms with E-state index >= 15 is 0 Å². The summed E-state index contributed by atoms with van der Waals surface area (Å²) < 4.78 is 5.79. The smallest absolute Gasteiger partial charge is 0.146 e. The van der Waals surface area contributed by atoms with E-state index in [-0.39, 0.29) is 0 Å². The predicted molar refractivity (Wildman–Crippen MR) is 88.3 cm³/mol. The summed E-state index contributed by atoms with van der Waals surface area (Å²) >= 11 is 17.2. The first-order valence-corrected chi connectivity index (χ1v) is 7.09. The van der Waals surface area contributed by atoms with E-state index < -0.39 is 0 Å². The van der Waals surface area contributed by atoms with Crippen molar-refractivity contribution in [2.24, 2.45) is 5.73 Å². The summed E-state index contributed by atoms with van der Waals surface area (Å²) in [5.41, 5.74) is 8.18. The van der Waals surface area contributed by atoms with Crippen LogP contribution in [0.5, 0.6) is 11.5 Å². The van der Waals surface area contributed by atoms with Crippen molar-refractivity contribution in [1.29, 1.82) is 0 Å². The average Bonchev–Trinajstić information content (AvgIpc) is 2.38. The lowest BCUT2D eigenvalue weighted by molar-refractivity contribution is 0.482. The van der Waals surface area contributed by atoms with Gasteiger partial charge in [-0.2, -0.15) is 0 Å². The number of ether oxygens (including phenoxy) is 1. The van der Waals surface area contributed by atoms with Crippen LogP contribution in [0.25, 0.3) is 0 Å². The van der Waals surface area contributed by atoms with E-state index in [1.54, 1.807) is 18.2 Å². The van der Waals surface area contributed by atoms with Gasteiger partial charge in [0.2, 0.25) is 0 Å². The molecular formula is C15H13Cl2NOS. The molecule has 0 aliphatic rings. The van der Waals surface area contributed by atoms with E-state index in [9.17, 15) is 0 Å². The van der Waals surface area contributed by atoms with Crippen LogP contribution >= 0.6 is 35.4 Å². The van der Waals surface area contributed by atoms with E-state index in [0.717, 1.165) is 16.1 Å². The molecule has 104 valence electrons. The monoisotopic (exact) mass is 325 g/mol. The SMILES string of the molecule is Cc1cc(Oc2ccc(C(N)=S)cc2Cl)cc(C)c1Cl. The molecule has 0 heterocycles. The van der Waals surface area contributed by atoms with Crippen LogP contribution in [0.2, 0.25) is 10.0 Å². The molecule has 0 aliphatic carbocycles. The van der Waals surface area contributed by atoms with Gasteiger partial charge in [0.05, 0.1) is 5.02 Å². The molecule has 2 rings (SSSR count). The molecule has 20 heavy (non-hydrogen) atoms. The Morgan fingerprint density at radius 2 is 1.70 bits per heavy atom. The van der Waals surface area contributed by atoms with Crippen molar-refractivity contribution in [2.75, 3.05) is 0 Å². The summed E-state index contributed by atoms with van der Waals surface area (Å²) in [6, 6.07) is 8.95. The molecule has 5 heteroatoms. The first-order chi connectivity index (χ1) is 9.38. The molecule has 0 saturated heterocycles. The average molecular weight is 326 g/mol. The fourth-order valence-electron chi connectivity index (χ4n) is 1.83. The standard InChI is InChI=1S/C15H13Cl2NOS/c1-8-5-11(6-9(2)14(8)17)19-13-4-3-10(15(18)20)7-12(13)16/h3-7H,1-2H3,(H2,18,20). The molecule has 0 amide bonds. The maximum atomic E-state index is 6.17. The molecule has 2 N–H and O–H groups in total. The largest absolute Gasteiger partial charge is 0.456 e. The van der Waals surface area contributed by atoms with Gasteiger partial charge in [0.15, 0.2) is 0 Å². The topological polar surface area (TPSA) is 35.2 Å². The van der Waals surface area contributed by atoms with Crippen molar-refractivity contribution >= 4 is 40.4 Å². The molecule has 0 unspecified atom stereocenters. The molecule has 2 nitrogen and oxygen atoms in total. The third kappa shape index (κ3) is 3.23. The number of hydrogen-bond acceptors (Lipinski definition) is 2. The Labute approximate surface area is 133 Å². The first-order valence-electron chi connectivity index (χ1n) is 5.92. The summed E-state index contributed by atoms with van der Waals surface area (Å²) in [5, 5.41) is 1.20. The van der Waals surface area contributed by atoms with E-state index in [1.165, 1.54) is 0 Å². The lowest BCUT2D eigenvalue weighted by atomic mass is 10.1. The number of halogens is 2. The van der Waals surface area contributed by atoms with Gasteiger partial charge < -0.3 is 10.5 Å². The Bertz CT molecular complexity index is 663. The van der Waals surface area contributed by atoms with Crippen molar-refractivity contribution in [3.8, 4) is 11.5 Å². The maximum Gasteiger partial charge on any atom is 0.146 e. The zero-order valence-electron chi connectivity index (χ0n) is 11.0. The highest BCUT2D eigenvalue weighted by Gasteiger charge is 2.08. The third-order valence-electron chi connectivity index (χ3n) is 2.85. The molecule has 0 aliphatic heterocycles. The van der Waals surface area contributed by atoms with Crippen LogP contribution < -0.4 is 10.5 Å². The predicted octanol–water partition coefficient (Wildman–Crippen LogP) is 5.04. The number of aryl methyl sites for hydroxylation is 2. The second-order valence-electron chi connectivity index (χ2n) is 4.48. The highest BCUT2D eigenvalue weighted by atomic mass is 35.5. The van der Waals surface area contributed by atoms with E-state index in [4.69, 9.17) is 45.9 Å². The van der Waals surface area contributed by atoms with Gasteiger partial charge in [-0.05, 0) is 55.3 Å². The Kier molecular flexibility index (Phi) is 4.53. The lowest BCUT2D eigenvalue weighted by Gasteiger charge is -2.11. The van der Waals surface area contributed by atoms with Gasteiger partial charge in [0.1, 0.15) is 16.5 Å². The molecule has 2 aromatic carbocycles. The first kappa shape index (κ1) is 15.1. The molecule has 0 atom stereocenters. The van der Waals surface area contributed by atoms with Gasteiger partial charge in [-0.25, -0.2) is 0 Å². The van der Waals surface area contributed by atoms with Crippen LogP contribution in [-0.2, 0) is 0 Å². The third-order valence-corrected chi connectivity index (χ3v) is 3.98. The van der Waals surface area contributed by atoms with Crippen molar-refractivity contribution < 1.29 is 4.74 Å². The molecule has 0 saturated carbocycles.